The van der Waals surface area contributed by atoms with Crippen molar-refractivity contribution < 1.29 is 4.79 Å². The summed E-state index contributed by atoms with van der Waals surface area (Å²) in [5.41, 5.74) is 0.750. The van der Waals surface area contributed by atoms with Crippen LogP contribution in [0, 0.1) is 12.3 Å². The van der Waals surface area contributed by atoms with Crippen LogP contribution >= 0.6 is 11.5 Å². The molecule has 0 bridgehead atoms. The van der Waals surface area contributed by atoms with Gasteiger partial charge in [-0.05, 0) is 30.8 Å². The van der Waals surface area contributed by atoms with Crippen molar-refractivity contribution in [1.82, 2.24) is 14.9 Å². The molecule has 1 aromatic heterocycles. The molecule has 0 spiro atoms. The van der Waals surface area contributed by atoms with Crippen LogP contribution in [0.25, 0.3) is 0 Å². The van der Waals surface area contributed by atoms with Crippen molar-refractivity contribution in [2.45, 2.75) is 40.7 Å². The highest BCUT2D eigenvalue weighted by Crippen LogP contribution is 2.19. The molecule has 1 atom stereocenters. The van der Waals surface area contributed by atoms with Crippen molar-refractivity contribution in [2.24, 2.45) is 5.41 Å². The Kier molecular flexibility index (Phi) is 3.44. The van der Waals surface area contributed by atoms with E-state index in [0.29, 0.717) is 10.6 Å². The van der Waals surface area contributed by atoms with E-state index in [1.807, 2.05) is 6.92 Å². The first kappa shape index (κ1) is 12.1. The Morgan fingerprint density at radius 1 is 1.47 bits per heavy atom. The molecule has 0 aliphatic heterocycles. The molecule has 0 aliphatic carbocycles. The van der Waals surface area contributed by atoms with Crippen LogP contribution in [-0.4, -0.2) is 21.5 Å². The van der Waals surface area contributed by atoms with Crippen LogP contribution in [0.4, 0.5) is 0 Å². The minimum atomic E-state index is -0.0788. The van der Waals surface area contributed by atoms with Crippen LogP contribution in [0.15, 0.2) is 0 Å². The molecule has 0 aliphatic rings. The Bertz CT molecular complexity index is 354. The molecule has 0 saturated carbocycles. The third-order valence-electron chi connectivity index (χ3n) is 2.50. The van der Waals surface area contributed by atoms with Gasteiger partial charge in [-0.25, -0.2) is 0 Å². The fraction of sp³-hybridized carbons (Fsp3) is 0.700. The molecule has 0 aromatic carbocycles. The molecule has 0 radical (unpaired) electrons. The smallest absolute Gasteiger partial charge is 0.265 e. The third kappa shape index (κ3) is 2.99. The van der Waals surface area contributed by atoms with Crippen molar-refractivity contribution in [3.8, 4) is 0 Å². The number of amides is 1. The van der Waals surface area contributed by atoms with Crippen LogP contribution in [0.1, 0.15) is 43.1 Å². The van der Waals surface area contributed by atoms with Crippen molar-refractivity contribution in [3.63, 3.8) is 0 Å². The summed E-state index contributed by atoms with van der Waals surface area (Å²) >= 11 is 1.14. The zero-order valence-electron chi connectivity index (χ0n) is 9.79. The second-order valence-corrected chi connectivity index (χ2v) is 5.50. The van der Waals surface area contributed by atoms with E-state index < -0.39 is 0 Å². The number of nitrogens with one attached hydrogen (secondary N) is 1. The van der Waals surface area contributed by atoms with Gasteiger partial charge in [0.05, 0.1) is 5.69 Å². The third-order valence-corrected chi connectivity index (χ3v) is 3.33. The maximum Gasteiger partial charge on any atom is 0.265 e. The lowest BCUT2D eigenvalue weighted by Gasteiger charge is -2.27. The highest BCUT2D eigenvalue weighted by molar-refractivity contribution is 7.07. The lowest BCUT2D eigenvalue weighted by Crippen LogP contribution is -2.41. The van der Waals surface area contributed by atoms with Crippen molar-refractivity contribution in [3.05, 3.63) is 10.6 Å². The van der Waals surface area contributed by atoms with E-state index >= 15 is 0 Å². The van der Waals surface area contributed by atoms with Gasteiger partial charge in [0.1, 0.15) is 4.88 Å². The second kappa shape index (κ2) is 4.26. The maximum absolute atomic E-state index is 11.8. The van der Waals surface area contributed by atoms with Gasteiger partial charge in [0, 0.05) is 6.04 Å². The van der Waals surface area contributed by atoms with Crippen molar-refractivity contribution >= 4 is 17.4 Å². The van der Waals surface area contributed by atoms with E-state index in [1.54, 1.807) is 6.92 Å². The van der Waals surface area contributed by atoms with E-state index in [-0.39, 0.29) is 17.4 Å². The summed E-state index contributed by atoms with van der Waals surface area (Å²) in [6.45, 7) is 10.1. The number of carbonyl (C=O) groups excluding carboxylic acids is 1. The average Bonchev–Trinajstić information content (AvgIpc) is 2.49. The largest absolute Gasteiger partial charge is 0.348 e. The van der Waals surface area contributed by atoms with Gasteiger partial charge in [0.2, 0.25) is 0 Å². The zero-order valence-corrected chi connectivity index (χ0v) is 10.6. The molecule has 1 heterocycles. The van der Waals surface area contributed by atoms with E-state index in [2.05, 4.69) is 35.7 Å². The van der Waals surface area contributed by atoms with Gasteiger partial charge in [-0.15, -0.1) is 5.10 Å². The Morgan fingerprint density at radius 2 is 2.07 bits per heavy atom. The number of rotatable bonds is 2. The van der Waals surface area contributed by atoms with Crippen LogP contribution < -0.4 is 5.32 Å². The summed E-state index contributed by atoms with van der Waals surface area (Å²) in [4.78, 5) is 12.4. The van der Waals surface area contributed by atoms with E-state index in [9.17, 15) is 4.79 Å². The van der Waals surface area contributed by atoms with Crippen LogP contribution in [-0.2, 0) is 0 Å². The molecule has 0 fully saturated rings. The Labute approximate surface area is 94.3 Å². The van der Waals surface area contributed by atoms with Crippen LogP contribution in [0.5, 0.6) is 0 Å². The van der Waals surface area contributed by atoms with Gasteiger partial charge in [-0.3, -0.25) is 4.79 Å². The zero-order chi connectivity index (χ0) is 11.6. The molecule has 15 heavy (non-hydrogen) atoms. The van der Waals surface area contributed by atoms with Crippen LogP contribution in [0.3, 0.4) is 0 Å². The lowest BCUT2D eigenvalue weighted by atomic mass is 9.88. The molecular formula is C10H17N3OS. The highest BCUT2D eigenvalue weighted by Gasteiger charge is 2.23. The fourth-order valence-electron chi connectivity index (χ4n) is 0.918. The summed E-state index contributed by atoms with van der Waals surface area (Å²) < 4.78 is 3.74. The molecule has 1 rings (SSSR count). The number of hydrogen-bond donors (Lipinski definition) is 1. The van der Waals surface area contributed by atoms with Gasteiger partial charge < -0.3 is 5.32 Å². The van der Waals surface area contributed by atoms with Crippen molar-refractivity contribution in [2.75, 3.05) is 0 Å². The maximum atomic E-state index is 11.8. The standard InChI is InChI=1S/C10H17N3OS/c1-6-8(15-13-12-6)9(14)11-7(2)10(3,4)5/h7H,1-5H3,(H,11,14). The first-order chi connectivity index (χ1) is 6.82. The SMILES string of the molecule is Cc1nnsc1C(=O)NC(C)C(C)(C)C. The summed E-state index contributed by atoms with van der Waals surface area (Å²) in [5.74, 6) is -0.0788. The first-order valence-corrected chi connectivity index (χ1v) is 5.69. The first-order valence-electron chi connectivity index (χ1n) is 4.92. The van der Waals surface area contributed by atoms with Crippen LogP contribution in [0.2, 0.25) is 0 Å². The average molecular weight is 227 g/mol. The summed E-state index contributed by atoms with van der Waals surface area (Å²) in [5, 5.41) is 6.77. The van der Waals surface area contributed by atoms with Gasteiger partial charge >= 0.3 is 0 Å². The predicted octanol–water partition coefficient (Wildman–Crippen LogP) is 2.01. The van der Waals surface area contributed by atoms with E-state index in [0.717, 1.165) is 11.5 Å². The topological polar surface area (TPSA) is 54.9 Å². The molecule has 4 nitrogen and oxygen atoms in total. The minimum absolute atomic E-state index is 0.0572. The Hall–Kier alpha value is -0.970. The van der Waals surface area contributed by atoms with E-state index in [1.165, 1.54) is 0 Å². The Morgan fingerprint density at radius 3 is 2.47 bits per heavy atom. The molecule has 1 amide bonds. The molecule has 1 N–H and O–H groups in total. The number of nitrogens with zero attached hydrogens (tertiary/aromatic N) is 2. The predicted molar refractivity (Wildman–Crippen MR) is 61.0 cm³/mol. The van der Waals surface area contributed by atoms with Crippen molar-refractivity contribution in [1.29, 1.82) is 0 Å². The minimum Gasteiger partial charge on any atom is -0.348 e. The molecular weight excluding hydrogens is 210 g/mol. The van der Waals surface area contributed by atoms with E-state index in [4.69, 9.17) is 0 Å². The fourth-order valence-corrected chi connectivity index (χ4v) is 1.48. The van der Waals surface area contributed by atoms with Gasteiger partial charge in [0.15, 0.2) is 0 Å². The summed E-state index contributed by atoms with van der Waals surface area (Å²) in [6.07, 6.45) is 0. The summed E-state index contributed by atoms with van der Waals surface area (Å²) in [6, 6.07) is 0.117. The number of hydrogen-bond acceptors (Lipinski definition) is 4. The lowest BCUT2D eigenvalue weighted by molar-refractivity contribution is 0.0913. The van der Waals surface area contributed by atoms with Gasteiger partial charge in [0.25, 0.3) is 5.91 Å². The Balaban J connectivity index is 2.69. The quantitative estimate of drug-likeness (QED) is 0.841. The monoisotopic (exact) mass is 227 g/mol. The van der Waals surface area contributed by atoms with Gasteiger partial charge in [-0.2, -0.15) is 0 Å². The molecule has 1 aromatic rings. The highest BCUT2D eigenvalue weighted by atomic mass is 32.1. The molecule has 5 heteroatoms. The number of carbonyl (C=O) groups is 1. The summed E-state index contributed by atoms with van der Waals surface area (Å²) in [7, 11) is 0. The molecule has 1 unspecified atom stereocenters. The molecule has 84 valence electrons. The molecule has 0 saturated heterocycles. The normalized spacial score (nSPS) is 13.7. The number of aromatic nitrogens is 2. The number of aryl methyl sites for hydroxylation is 1. The van der Waals surface area contributed by atoms with Gasteiger partial charge in [-0.1, -0.05) is 25.3 Å². The second-order valence-electron chi connectivity index (χ2n) is 4.75.